The quantitative estimate of drug-likeness (QED) is 0.479. The molecule has 0 bridgehead atoms. The van der Waals surface area contributed by atoms with Gasteiger partial charge in [0.1, 0.15) is 5.75 Å². The van der Waals surface area contributed by atoms with Crippen LogP contribution in [0.3, 0.4) is 0 Å². The summed E-state index contributed by atoms with van der Waals surface area (Å²) < 4.78 is 6.51. The molecule has 2 amide bonds. The number of unbranched alkanes of at least 4 members (excludes halogenated alkanes) is 3. The third-order valence-electron chi connectivity index (χ3n) is 4.21. The molecule has 0 saturated carbocycles. The topological polar surface area (TPSA) is 67.4 Å². The molecule has 0 atom stereocenters. The first-order chi connectivity index (χ1) is 13.6. The van der Waals surface area contributed by atoms with Crippen LogP contribution in [0.4, 0.5) is 5.69 Å². The molecule has 5 nitrogen and oxygen atoms in total. The minimum atomic E-state index is -0.285. The predicted molar refractivity (Wildman–Crippen MR) is 116 cm³/mol. The molecule has 2 aromatic carbocycles. The van der Waals surface area contributed by atoms with Gasteiger partial charge in [-0.05, 0) is 59.6 Å². The highest BCUT2D eigenvalue weighted by molar-refractivity contribution is 9.10. The second-order valence-electron chi connectivity index (χ2n) is 6.41. The van der Waals surface area contributed by atoms with Gasteiger partial charge in [0.15, 0.2) is 0 Å². The van der Waals surface area contributed by atoms with Gasteiger partial charge < -0.3 is 15.4 Å². The molecule has 28 heavy (non-hydrogen) atoms. The molecule has 0 aliphatic carbocycles. The van der Waals surface area contributed by atoms with Crippen molar-refractivity contribution < 1.29 is 14.3 Å². The van der Waals surface area contributed by atoms with E-state index in [9.17, 15) is 9.59 Å². The van der Waals surface area contributed by atoms with Crippen molar-refractivity contribution in [3.8, 4) is 5.75 Å². The Morgan fingerprint density at radius 1 is 1.00 bits per heavy atom. The maximum Gasteiger partial charge on any atom is 0.255 e. The van der Waals surface area contributed by atoms with Crippen molar-refractivity contribution in [1.29, 1.82) is 0 Å². The number of amides is 2. The molecule has 2 N–H and O–H groups in total. The SMILES string of the molecule is CCCCCCOc1ccc(C(=O)Nc2ccccc2C(=O)NCC)cc1Br. The average Bonchev–Trinajstić information content (AvgIpc) is 2.69. The van der Waals surface area contributed by atoms with Crippen LogP contribution in [0.25, 0.3) is 0 Å². The summed E-state index contributed by atoms with van der Waals surface area (Å²) in [5.74, 6) is 0.217. The van der Waals surface area contributed by atoms with Gasteiger partial charge in [0.2, 0.25) is 0 Å². The van der Waals surface area contributed by atoms with E-state index in [-0.39, 0.29) is 11.8 Å². The van der Waals surface area contributed by atoms with Crippen LogP contribution in [-0.2, 0) is 0 Å². The van der Waals surface area contributed by atoms with Crippen LogP contribution in [-0.4, -0.2) is 25.0 Å². The van der Waals surface area contributed by atoms with Gasteiger partial charge in [-0.2, -0.15) is 0 Å². The molecule has 0 radical (unpaired) electrons. The molecule has 2 aromatic rings. The van der Waals surface area contributed by atoms with E-state index in [1.807, 2.05) is 6.92 Å². The van der Waals surface area contributed by atoms with E-state index < -0.39 is 0 Å². The number of hydrogen-bond donors (Lipinski definition) is 2. The molecule has 0 saturated heterocycles. The van der Waals surface area contributed by atoms with Crippen molar-refractivity contribution >= 4 is 33.4 Å². The van der Waals surface area contributed by atoms with E-state index in [0.29, 0.717) is 30.0 Å². The van der Waals surface area contributed by atoms with Crippen molar-refractivity contribution in [2.45, 2.75) is 39.5 Å². The Labute approximate surface area is 175 Å². The van der Waals surface area contributed by atoms with Crippen molar-refractivity contribution in [3.63, 3.8) is 0 Å². The maximum absolute atomic E-state index is 12.6. The standard InChI is InChI=1S/C22H27BrN2O3/c1-3-5-6-9-14-28-20-13-12-16(15-18(20)23)21(26)25-19-11-8-7-10-17(19)22(27)24-4-2/h7-8,10-13,15H,3-6,9,14H2,1-2H3,(H,24,27)(H,25,26). The Morgan fingerprint density at radius 3 is 2.50 bits per heavy atom. The lowest BCUT2D eigenvalue weighted by Crippen LogP contribution is -2.24. The van der Waals surface area contributed by atoms with E-state index in [1.54, 1.807) is 42.5 Å². The molecule has 0 spiro atoms. The molecule has 0 aliphatic heterocycles. The fourth-order valence-electron chi connectivity index (χ4n) is 2.71. The van der Waals surface area contributed by atoms with Gasteiger partial charge in [-0.25, -0.2) is 0 Å². The summed E-state index contributed by atoms with van der Waals surface area (Å²) in [4.78, 5) is 24.8. The molecule has 2 rings (SSSR count). The van der Waals surface area contributed by atoms with E-state index in [1.165, 1.54) is 12.8 Å². The highest BCUT2D eigenvalue weighted by Crippen LogP contribution is 2.27. The first-order valence-electron chi connectivity index (χ1n) is 9.67. The fraction of sp³-hybridized carbons (Fsp3) is 0.364. The Balaban J connectivity index is 2.03. The van der Waals surface area contributed by atoms with Gasteiger partial charge in [0.25, 0.3) is 11.8 Å². The molecular formula is C22H27BrN2O3. The van der Waals surface area contributed by atoms with Crippen LogP contribution in [0.1, 0.15) is 60.2 Å². The number of anilines is 1. The summed E-state index contributed by atoms with van der Waals surface area (Å²) in [6, 6.07) is 12.2. The number of hydrogen-bond acceptors (Lipinski definition) is 3. The largest absolute Gasteiger partial charge is 0.492 e. The Morgan fingerprint density at radius 2 is 1.79 bits per heavy atom. The van der Waals surface area contributed by atoms with E-state index >= 15 is 0 Å². The summed E-state index contributed by atoms with van der Waals surface area (Å²) in [6.45, 7) is 5.21. The van der Waals surface area contributed by atoms with Gasteiger partial charge >= 0.3 is 0 Å². The first kappa shape index (κ1) is 22.0. The van der Waals surface area contributed by atoms with Crippen molar-refractivity contribution in [1.82, 2.24) is 5.32 Å². The van der Waals surface area contributed by atoms with Gasteiger partial charge in [-0.1, -0.05) is 38.3 Å². The number of benzene rings is 2. The third-order valence-corrected chi connectivity index (χ3v) is 4.83. The smallest absolute Gasteiger partial charge is 0.255 e. The van der Waals surface area contributed by atoms with E-state index in [0.717, 1.165) is 23.1 Å². The van der Waals surface area contributed by atoms with Crippen LogP contribution >= 0.6 is 15.9 Å². The summed E-state index contributed by atoms with van der Waals surface area (Å²) in [5, 5.41) is 5.57. The molecule has 0 aliphatic rings. The summed E-state index contributed by atoms with van der Waals surface area (Å²) in [7, 11) is 0. The number of carbonyl (C=O) groups excluding carboxylic acids is 2. The summed E-state index contributed by atoms with van der Waals surface area (Å²) >= 11 is 3.47. The lowest BCUT2D eigenvalue weighted by molar-refractivity contribution is 0.0956. The second-order valence-corrected chi connectivity index (χ2v) is 7.27. The Kier molecular flexibility index (Phi) is 9.01. The molecular weight excluding hydrogens is 420 g/mol. The summed E-state index contributed by atoms with van der Waals surface area (Å²) in [5.41, 5.74) is 1.39. The van der Waals surface area contributed by atoms with Gasteiger partial charge in [-0.3, -0.25) is 9.59 Å². The Bertz CT molecular complexity index is 808. The molecule has 0 fully saturated rings. The monoisotopic (exact) mass is 446 g/mol. The second kappa shape index (κ2) is 11.5. The van der Waals surface area contributed by atoms with Crippen LogP contribution in [0.15, 0.2) is 46.9 Å². The van der Waals surface area contributed by atoms with Gasteiger partial charge in [-0.15, -0.1) is 0 Å². The first-order valence-corrected chi connectivity index (χ1v) is 10.5. The Hall–Kier alpha value is -2.34. The van der Waals surface area contributed by atoms with Gasteiger partial charge in [0.05, 0.1) is 22.3 Å². The minimum Gasteiger partial charge on any atom is -0.492 e. The third kappa shape index (κ3) is 6.37. The average molecular weight is 447 g/mol. The lowest BCUT2D eigenvalue weighted by atomic mass is 10.1. The zero-order valence-electron chi connectivity index (χ0n) is 16.4. The molecule has 0 aromatic heterocycles. The lowest BCUT2D eigenvalue weighted by Gasteiger charge is -2.12. The summed E-state index contributed by atoms with van der Waals surface area (Å²) in [6.07, 6.45) is 4.57. The van der Waals surface area contributed by atoms with Crippen LogP contribution in [0.2, 0.25) is 0 Å². The van der Waals surface area contributed by atoms with E-state index in [2.05, 4.69) is 33.5 Å². The molecule has 6 heteroatoms. The molecule has 150 valence electrons. The van der Waals surface area contributed by atoms with Crippen molar-refractivity contribution in [2.24, 2.45) is 0 Å². The number of para-hydroxylation sites is 1. The number of rotatable bonds is 10. The van der Waals surface area contributed by atoms with Gasteiger partial charge in [0, 0.05) is 12.1 Å². The zero-order valence-corrected chi connectivity index (χ0v) is 18.0. The van der Waals surface area contributed by atoms with Crippen molar-refractivity contribution in [2.75, 3.05) is 18.5 Å². The number of nitrogens with one attached hydrogen (secondary N) is 2. The van der Waals surface area contributed by atoms with Crippen molar-refractivity contribution in [3.05, 3.63) is 58.1 Å². The highest BCUT2D eigenvalue weighted by Gasteiger charge is 2.14. The predicted octanol–water partition coefficient (Wildman–Crippen LogP) is 5.41. The molecule has 0 unspecified atom stereocenters. The highest BCUT2D eigenvalue weighted by atomic mass is 79.9. The fourth-order valence-corrected chi connectivity index (χ4v) is 3.20. The zero-order chi connectivity index (χ0) is 20.4. The normalized spacial score (nSPS) is 10.4. The number of carbonyl (C=O) groups is 2. The molecule has 0 heterocycles. The number of halogens is 1. The van der Waals surface area contributed by atoms with Crippen LogP contribution in [0, 0.1) is 0 Å². The van der Waals surface area contributed by atoms with E-state index in [4.69, 9.17) is 4.74 Å². The minimum absolute atomic E-state index is 0.216. The number of ether oxygens (including phenoxy) is 1. The van der Waals surface area contributed by atoms with Crippen LogP contribution in [0.5, 0.6) is 5.75 Å². The maximum atomic E-state index is 12.6. The van der Waals surface area contributed by atoms with Crippen LogP contribution < -0.4 is 15.4 Å².